The third-order valence-corrected chi connectivity index (χ3v) is 9.39. The van der Waals surface area contributed by atoms with Crippen LogP contribution in [0, 0.1) is 0 Å². The predicted octanol–water partition coefficient (Wildman–Crippen LogP) is 13.9. The molecule has 2 heteroatoms. The SMILES string of the molecule is CCCCCCCCCCCCCOc1c2ccccc2c(OCCCCCCCCCCCCC)c2cc(CC)ccc12. The quantitative estimate of drug-likeness (QED) is 0.0638. The van der Waals surface area contributed by atoms with Gasteiger partial charge in [-0.05, 0) is 30.9 Å². The van der Waals surface area contributed by atoms with Gasteiger partial charge in [0.25, 0.3) is 0 Å². The second-order valence-corrected chi connectivity index (χ2v) is 13.2. The first-order chi connectivity index (χ1) is 21.8. The molecule has 0 aliphatic rings. The average molecular weight is 603 g/mol. The minimum atomic E-state index is 0.782. The molecule has 3 rings (SSSR count). The second kappa shape index (κ2) is 23.2. The fourth-order valence-corrected chi connectivity index (χ4v) is 6.56. The molecular formula is C42H66O2. The van der Waals surface area contributed by atoms with Crippen molar-refractivity contribution in [3.05, 3.63) is 48.0 Å². The standard InChI is InChI=1S/C42H66O2/c1-4-7-9-11-13-15-17-19-21-23-27-33-43-41-37-29-25-26-30-38(37)42(40-35-36(6-3)31-32-39(40)41)44-34-28-24-22-20-18-16-14-12-10-8-5-2/h25-26,29-32,35H,4-24,27-28,33-34H2,1-3H3. The zero-order valence-corrected chi connectivity index (χ0v) is 29.0. The minimum absolute atomic E-state index is 0.782. The Morgan fingerprint density at radius 1 is 0.386 bits per heavy atom. The summed E-state index contributed by atoms with van der Waals surface area (Å²) in [5.41, 5.74) is 1.35. The fourth-order valence-electron chi connectivity index (χ4n) is 6.56. The summed E-state index contributed by atoms with van der Waals surface area (Å²) in [5, 5.41) is 4.77. The molecule has 0 saturated heterocycles. The lowest BCUT2D eigenvalue weighted by Crippen LogP contribution is -2.03. The molecule has 44 heavy (non-hydrogen) atoms. The van der Waals surface area contributed by atoms with Crippen LogP contribution >= 0.6 is 0 Å². The average Bonchev–Trinajstić information content (AvgIpc) is 3.05. The predicted molar refractivity (Wildman–Crippen MR) is 195 cm³/mol. The van der Waals surface area contributed by atoms with E-state index < -0.39 is 0 Å². The van der Waals surface area contributed by atoms with Crippen molar-refractivity contribution >= 4 is 21.5 Å². The molecule has 0 radical (unpaired) electrons. The Bertz CT molecular complexity index is 1150. The van der Waals surface area contributed by atoms with Gasteiger partial charge in [-0.1, -0.05) is 186 Å². The molecule has 0 heterocycles. The molecule has 246 valence electrons. The van der Waals surface area contributed by atoms with E-state index in [2.05, 4.69) is 63.2 Å². The van der Waals surface area contributed by atoms with Gasteiger partial charge in [-0.3, -0.25) is 0 Å². The van der Waals surface area contributed by atoms with E-state index in [1.807, 2.05) is 0 Å². The lowest BCUT2D eigenvalue weighted by molar-refractivity contribution is 0.306. The number of hydrogen-bond acceptors (Lipinski definition) is 2. The first-order valence-corrected chi connectivity index (χ1v) is 19.0. The Kier molecular flexibility index (Phi) is 19.1. The number of aryl methyl sites for hydroxylation is 1. The Labute approximate surface area is 271 Å². The van der Waals surface area contributed by atoms with Gasteiger partial charge in [0.15, 0.2) is 0 Å². The number of ether oxygens (including phenoxy) is 2. The number of fused-ring (bicyclic) bond motifs is 2. The summed E-state index contributed by atoms with van der Waals surface area (Å²) in [5.74, 6) is 2.08. The van der Waals surface area contributed by atoms with Gasteiger partial charge in [0.05, 0.1) is 13.2 Å². The van der Waals surface area contributed by atoms with Crippen LogP contribution in [0.2, 0.25) is 0 Å². The Balaban J connectivity index is 1.50. The normalized spacial score (nSPS) is 11.5. The second-order valence-electron chi connectivity index (χ2n) is 13.2. The van der Waals surface area contributed by atoms with Crippen LogP contribution < -0.4 is 9.47 Å². The zero-order chi connectivity index (χ0) is 31.1. The fraction of sp³-hybridized carbons (Fsp3) is 0.667. The van der Waals surface area contributed by atoms with E-state index in [-0.39, 0.29) is 0 Å². The summed E-state index contributed by atoms with van der Waals surface area (Å²) < 4.78 is 13.2. The van der Waals surface area contributed by atoms with Crippen molar-refractivity contribution in [2.75, 3.05) is 13.2 Å². The molecule has 0 aromatic heterocycles. The molecule has 0 bridgehead atoms. The van der Waals surface area contributed by atoms with Crippen LogP contribution in [0.25, 0.3) is 21.5 Å². The first kappa shape index (κ1) is 36.3. The summed E-state index contributed by atoms with van der Waals surface area (Å²) in [6.07, 6.45) is 30.8. The van der Waals surface area contributed by atoms with Gasteiger partial charge in [0, 0.05) is 21.5 Å². The smallest absolute Gasteiger partial charge is 0.135 e. The molecule has 0 aliphatic heterocycles. The van der Waals surface area contributed by atoms with E-state index in [0.29, 0.717) is 0 Å². The van der Waals surface area contributed by atoms with Crippen molar-refractivity contribution in [3.63, 3.8) is 0 Å². The minimum Gasteiger partial charge on any atom is -0.492 e. The van der Waals surface area contributed by atoms with E-state index in [9.17, 15) is 0 Å². The summed E-state index contributed by atoms with van der Waals surface area (Å²) >= 11 is 0. The highest BCUT2D eigenvalue weighted by atomic mass is 16.5. The molecule has 0 amide bonds. The van der Waals surface area contributed by atoms with E-state index >= 15 is 0 Å². The highest BCUT2D eigenvalue weighted by molar-refractivity contribution is 6.11. The third-order valence-electron chi connectivity index (χ3n) is 9.39. The van der Waals surface area contributed by atoms with Gasteiger partial charge < -0.3 is 9.47 Å². The van der Waals surface area contributed by atoms with Crippen molar-refractivity contribution in [2.45, 2.75) is 168 Å². The topological polar surface area (TPSA) is 18.5 Å². The van der Waals surface area contributed by atoms with E-state index in [1.165, 1.54) is 156 Å². The van der Waals surface area contributed by atoms with E-state index in [1.54, 1.807) is 0 Å². The molecular weight excluding hydrogens is 536 g/mol. The van der Waals surface area contributed by atoms with Gasteiger partial charge in [-0.2, -0.15) is 0 Å². The lowest BCUT2D eigenvalue weighted by atomic mass is 9.98. The van der Waals surface area contributed by atoms with Crippen LogP contribution in [0.5, 0.6) is 11.5 Å². The van der Waals surface area contributed by atoms with Gasteiger partial charge in [-0.15, -0.1) is 0 Å². The van der Waals surface area contributed by atoms with Crippen molar-refractivity contribution in [2.24, 2.45) is 0 Å². The zero-order valence-electron chi connectivity index (χ0n) is 29.0. The monoisotopic (exact) mass is 603 g/mol. The molecule has 3 aromatic carbocycles. The van der Waals surface area contributed by atoms with Gasteiger partial charge in [0.1, 0.15) is 11.5 Å². The van der Waals surface area contributed by atoms with Crippen LogP contribution in [-0.4, -0.2) is 13.2 Å². The largest absolute Gasteiger partial charge is 0.492 e. The molecule has 0 aliphatic carbocycles. The van der Waals surface area contributed by atoms with Gasteiger partial charge >= 0.3 is 0 Å². The Morgan fingerprint density at radius 2 is 0.750 bits per heavy atom. The summed E-state index contributed by atoms with van der Waals surface area (Å²) in [6.45, 7) is 8.39. The molecule has 0 atom stereocenters. The maximum Gasteiger partial charge on any atom is 0.135 e. The van der Waals surface area contributed by atoms with Crippen LogP contribution in [-0.2, 0) is 6.42 Å². The number of rotatable bonds is 27. The van der Waals surface area contributed by atoms with Crippen molar-refractivity contribution in [1.29, 1.82) is 0 Å². The maximum absolute atomic E-state index is 6.63. The van der Waals surface area contributed by atoms with Gasteiger partial charge in [-0.25, -0.2) is 0 Å². The summed E-state index contributed by atoms with van der Waals surface area (Å²) in [6, 6.07) is 15.6. The number of unbranched alkanes of at least 4 members (excludes halogenated alkanes) is 20. The number of hydrogen-bond donors (Lipinski definition) is 0. The van der Waals surface area contributed by atoms with Gasteiger partial charge in [0.2, 0.25) is 0 Å². The molecule has 0 unspecified atom stereocenters. The molecule has 0 N–H and O–H groups in total. The highest BCUT2D eigenvalue weighted by Gasteiger charge is 2.16. The van der Waals surface area contributed by atoms with Crippen LogP contribution in [0.15, 0.2) is 42.5 Å². The lowest BCUT2D eigenvalue weighted by Gasteiger charge is -2.18. The molecule has 0 saturated carbocycles. The first-order valence-electron chi connectivity index (χ1n) is 19.0. The summed E-state index contributed by atoms with van der Waals surface area (Å²) in [7, 11) is 0. The molecule has 0 fully saturated rings. The van der Waals surface area contributed by atoms with Crippen molar-refractivity contribution in [3.8, 4) is 11.5 Å². The van der Waals surface area contributed by atoms with Crippen LogP contribution in [0.4, 0.5) is 0 Å². The highest BCUT2D eigenvalue weighted by Crippen LogP contribution is 2.43. The molecule has 3 aromatic rings. The maximum atomic E-state index is 6.63. The Hall–Kier alpha value is -2.22. The number of benzene rings is 3. The van der Waals surface area contributed by atoms with Crippen molar-refractivity contribution in [1.82, 2.24) is 0 Å². The van der Waals surface area contributed by atoms with Crippen LogP contribution in [0.1, 0.15) is 168 Å². The van der Waals surface area contributed by atoms with Crippen molar-refractivity contribution < 1.29 is 9.47 Å². The third kappa shape index (κ3) is 13.0. The molecule has 2 nitrogen and oxygen atoms in total. The van der Waals surface area contributed by atoms with Crippen LogP contribution in [0.3, 0.4) is 0 Å². The van der Waals surface area contributed by atoms with E-state index in [0.717, 1.165) is 44.0 Å². The van der Waals surface area contributed by atoms with E-state index in [4.69, 9.17) is 9.47 Å². The Morgan fingerprint density at radius 3 is 1.16 bits per heavy atom. The summed E-state index contributed by atoms with van der Waals surface area (Å²) in [4.78, 5) is 0. The molecule has 0 spiro atoms.